The van der Waals surface area contributed by atoms with Crippen LogP contribution in [0.15, 0.2) is 18.2 Å². The van der Waals surface area contributed by atoms with Crippen molar-refractivity contribution in [2.45, 2.75) is 44.0 Å². The number of piperidine rings is 1. The van der Waals surface area contributed by atoms with E-state index in [-0.39, 0.29) is 24.9 Å². The lowest BCUT2D eigenvalue weighted by Crippen LogP contribution is -2.43. The van der Waals surface area contributed by atoms with Crippen LogP contribution in [0.3, 0.4) is 0 Å². The summed E-state index contributed by atoms with van der Waals surface area (Å²) in [6.07, 6.45) is 3.61. The zero-order valence-electron chi connectivity index (χ0n) is 13.6. The van der Waals surface area contributed by atoms with Gasteiger partial charge in [-0.1, -0.05) is 11.8 Å². The average molecular weight is 326 g/mol. The third-order valence-corrected chi connectivity index (χ3v) is 4.67. The second kappa shape index (κ2) is 7.68. The molecule has 0 radical (unpaired) electrons. The van der Waals surface area contributed by atoms with Gasteiger partial charge < -0.3 is 19.8 Å². The molecule has 1 aliphatic carbocycles. The second-order valence-electron chi connectivity index (χ2n) is 6.37. The fourth-order valence-corrected chi connectivity index (χ4v) is 3.26. The van der Waals surface area contributed by atoms with Crippen LogP contribution < -0.4 is 4.90 Å². The van der Waals surface area contributed by atoms with Crippen LogP contribution in [0, 0.1) is 23.2 Å². The Kier molecular flexibility index (Phi) is 5.37. The SMILES string of the molecule is N#Cc1ccc(C#CCO)cc1N1CCC(OC2CC(O)C2)CC1. The molecule has 0 unspecified atom stereocenters. The zero-order chi connectivity index (χ0) is 16.9. The molecule has 5 nitrogen and oxygen atoms in total. The van der Waals surface area contributed by atoms with E-state index >= 15 is 0 Å². The van der Waals surface area contributed by atoms with E-state index in [0.717, 1.165) is 50.0 Å². The first kappa shape index (κ1) is 16.8. The van der Waals surface area contributed by atoms with Crippen LogP contribution in [0.2, 0.25) is 0 Å². The molecule has 3 rings (SSSR count). The number of rotatable bonds is 3. The lowest BCUT2D eigenvalue weighted by molar-refractivity contribution is -0.108. The molecule has 24 heavy (non-hydrogen) atoms. The number of nitrogens with zero attached hydrogens (tertiary/aromatic N) is 2. The molecule has 0 aromatic heterocycles. The van der Waals surface area contributed by atoms with Crippen molar-refractivity contribution in [2.75, 3.05) is 24.6 Å². The van der Waals surface area contributed by atoms with E-state index in [1.807, 2.05) is 12.1 Å². The predicted molar refractivity (Wildman–Crippen MR) is 90.5 cm³/mol. The summed E-state index contributed by atoms with van der Waals surface area (Å²) in [5.41, 5.74) is 2.35. The van der Waals surface area contributed by atoms with E-state index in [9.17, 15) is 10.4 Å². The minimum atomic E-state index is -0.184. The molecule has 2 N–H and O–H groups in total. The molecule has 1 aromatic rings. The molecule has 5 heteroatoms. The van der Waals surface area contributed by atoms with Crippen molar-refractivity contribution < 1.29 is 14.9 Å². The van der Waals surface area contributed by atoms with Gasteiger partial charge in [-0.05, 0) is 43.9 Å². The van der Waals surface area contributed by atoms with E-state index in [2.05, 4.69) is 22.8 Å². The fraction of sp³-hybridized carbons (Fsp3) is 0.526. The van der Waals surface area contributed by atoms with Crippen molar-refractivity contribution in [3.05, 3.63) is 29.3 Å². The number of aliphatic hydroxyl groups is 2. The number of anilines is 1. The number of nitriles is 1. The quantitative estimate of drug-likeness (QED) is 0.822. The van der Waals surface area contributed by atoms with Gasteiger partial charge in [0, 0.05) is 18.7 Å². The van der Waals surface area contributed by atoms with E-state index in [1.54, 1.807) is 6.07 Å². The summed E-state index contributed by atoms with van der Waals surface area (Å²) in [6, 6.07) is 7.76. The van der Waals surface area contributed by atoms with Gasteiger partial charge in [0.2, 0.25) is 0 Å². The van der Waals surface area contributed by atoms with E-state index in [0.29, 0.717) is 5.56 Å². The second-order valence-corrected chi connectivity index (χ2v) is 6.37. The highest BCUT2D eigenvalue weighted by Gasteiger charge is 2.31. The molecule has 0 spiro atoms. The molecule has 2 fully saturated rings. The largest absolute Gasteiger partial charge is 0.393 e. The smallest absolute Gasteiger partial charge is 0.104 e. The van der Waals surface area contributed by atoms with Crippen LogP contribution in [-0.2, 0) is 4.74 Å². The molecule has 1 heterocycles. The molecular weight excluding hydrogens is 304 g/mol. The van der Waals surface area contributed by atoms with Gasteiger partial charge >= 0.3 is 0 Å². The van der Waals surface area contributed by atoms with Crippen molar-refractivity contribution in [2.24, 2.45) is 0 Å². The highest BCUT2D eigenvalue weighted by Crippen LogP contribution is 2.29. The van der Waals surface area contributed by atoms with Crippen molar-refractivity contribution in [1.82, 2.24) is 0 Å². The molecule has 0 bridgehead atoms. The first-order valence-corrected chi connectivity index (χ1v) is 8.42. The fourth-order valence-electron chi connectivity index (χ4n) is 3.26. The first-order valence-electron chi connectivity index (χ1n) is 8.42. The van der Waals surface area contributed by atoms with Crippen LogP contribution in [-0.4, -0.2) is 48.2 Å². The van der Waals surface area contributed by atoms with Crippen LogP contribution in [0.4, 0.5) is 5.69 Å². The minimum absolute atomic E-state index is 0.173. The van der Waals surface area contributed by atoms with Gasteiger partial charge in [-0.25, -0.2) is 0 Å². The lowest BCUT2D eigenvalue weighted by atomic mass is 9.91. The van der Waals surface area contributed by atoms with Crippen molar-refractivity contribution in [3.8, 4) is 17.9 Å². The Morgan fingerprint density at radius 2 is 1.96 bits per heavy atom. The number of aliphatic hydroxyl groups excluding tert-OH is 2. The first-order chi connectivity index (χ1) is 11.7. The van der Waals surface area contributed by atoms with Crippen LogP contribution >= 0.6 is 0 Å². The monoisotopic (exact) mass is 326 g/mol. The maximum absolute atomic E-state index is 9.35. The molecule has 1 saturated carbocycles. The molecule has 0 amide bonds. The Morgan fingerprint density at radius 1 is 1.21 bits per heavy atom. The van der Waals surface area contributed by atoms with Gasteiger partial charge in [0.25, 0.3) is 0 Å². The Hall–Kier alpha value is -2.05. The summed E-state index contributed by atoms with van der Waals surface area (Å²) >= 11 is 0. The molecule has 126 valence electrons. The third kappa shape index (κ3) is 3.88. The highest BCUT2D eigenvalue weighted by molar-refractivity contribution is 5.63. The van der Waals surface area contributed by atoms with Crippen molar-refractivity contribution in [3.63, 3.8) is 0 Å². The minimum Gasteiger partial charge on any atom is -0.393 e. The average Bonchev–Trinajstić information content (AvgIpc) is 2.59. The van der Waals surface area contributed by atoms with Gasteiger partial charge in [0.05, 0.1) is 29.6 Å². The maximum atomic E-state index is 9.35. The summed E-state index contributed by atoms with van der Waals surface area (Å²) in [7, 11) is 0. The summed E-state index contributed by atoms with van der Waals surface area (Å²) < 4.78 is 6.01. The predicted octanol–water partition coefficient (Wildman–Crippen LogP) is 1.41. The Bertz CT molecular complexity index is 672. The number of ether oxygens (including phenoxy) is 1. The molecule has 1 aliphatic heterocycles. The summed E-state index contributed by atoms with van der Waals surface area (Å²) in [5.74, 6) is 5.54. The molecule has 1 saturated heterocycles. The standard InChI is InChI=1S/C19H22N2O3/c20-13-15-4-3-14(2-1-9-22)10-19(15)21-7-5-17(6-8-21)24-18-11-16(23)12-18/h3-4,10,16-18,22-23H,5-9,11-12H2. The van der Waals surface area contributed by atoms with Crippen LogP contribution in [0.25, 0.3) is 0 Å². The van der Waals surface area contributed by atoms with Crippen LogP contribution in [0.1, 0.15) is 36.8 Å². The van der Waals surface area contributed by atoms with Crippen LogP contribution in [0.5, 0.6) is 0 Å². The molecule has 0 atom stereocenters. The van der Waals surface area contributed by atoms with Crippen molar-refractivity contribution in [1.29, 1.82) is 5.26 Å². The Morgan fingerprint density at radius 3 is 2.58 bits per heavy atom. The summed E-state index contributed by atoms with van der Waals surface area (Å²) in [5, 5.41) is 27.5. The van der Waals surface area contributed by atoms with E-state index in [4.69, 9.17) is 9.84 Å². The van der Waals surface area contributed by atoms with Gasteiger partial charge in [-0.3, -0.25) is 0 Å². The normalized spacial score (nSPS) is 23.8. The maximum Gasteiger partial charge on any atom is 0.104 e. The summed E-state index contributed by atoms with van der Waals surface area (Å²) in [6.45, 7) is 1.50. The summed E-state index contributed by atoms with van der Waals surface area (Å²) in [4.78, 5) is 2.21. The third-order valence-electron chi connectivity index (χ3n) is 4.67. The lowest BCUT2D eigenvalue weighted by Gasteiger charge is -2.39. The van der Waals surface area contributed by atoms with Crippen molar-refractivity contribution >= 4 is 5.69 Å². The van der Waals surface area contributed by atoms with E-state index in [1.165, 1.54) is 0 Å². The molecular formula is C19H22N2O3. The van der Waals surface area contributed by atoms with E-state index < -0.39 is 0 Å². The Labute approximate surface area is 142 Å². The number of hydrogen-bond acceptors (Lipinski definition) is 5. The number of hydrogen-bond donors (Lipinski definition) is 2. The zero-order valence-corrected chi connectivity index (χ0v) is 13.6. The molecule has 2 aliphatic rings. The highest BCUT2D eigenvalue weighted by atomic mass is 16.5. The van der Waals surface area contributed by atoms with Gasteiger partial charge in [0.1, 0.15) is 12.7 Å². The topological polar surface area (TPSA) is 76.7 Å². The molecule has 1 aromatic carbocycles. The van der Waals surface area contributed by atoms with Gasteiger partial charge in [-0.15, -0.1) is 0 Å². The van der Waals surface area contributed by atoms with Gasteiger partial charge in [0.15, 0.2) is 0 Å². The van der Waals surface area contributed by atoms with Gasteiger partial charge in [-0.2, -0.15) is 5.26 Å². The number of benzene rings is 1. The Balaban J connectivity index is 1.63.